The molecule has 0 bridgehead atoms. The van der Waals surface area contributed by atoms with Crippen molar-refractivity contribution < 1.29 is 159 Å². The molecule has 9 aromatic rings. The molecule has 5 aromatic heterocycles. The van der Waals surface area contributed by atoms with Crippen LogP contribution in [0.1, 0.15) is 292 Å². The van der Waals surface area contributed by atoms with Crippen molar-refractivity contribution >= 4 is 18.2 Å². The molecule has 131 heavy (non-hydrogen) atoms. The number of amidine groups is 1. The molecule has 0 spiro atoms. The Bertz CT molecular complexity index is 5230. The van der Waals surface area contributed by atoms with Gasteiger partial charge < -0.3 is 73.5 Å². The van der Waals surface area contributed by atoms with Crippen molar-refractivity contribution in [1.29, 1.82) is 10.5 Å². The standard InChI is InChI=1S/C23H26F3N3O5.C22H28F3N3O4.C22H25F3N2O3.C14H20F3NO2.C8H6FNO.ClH.H3NO.Na.H/c1-4-17(32-15-9-10-16(18(11-15)31-3)20-28-22(30)34-29-20)19-12(2)27-21(33-19)13-5-7-14(8-6-13)23(24,25)26;1-4-17(31-15-9-10-16(20(26)28-29)18(11-15)30-3)19-12(2)27-21(32-19)13-5-7-14(8-6-13)22(23,24)25;1-4-18(29-17-10-7-15(12-26)19(11-17)28-3)20-13(2)27-21(30-20)14-5-8-16(9-6-14)22(23,24)25;1-3-11(19)12-8(2)18-13(20-12)9-4-6-10(7-5-9)14(15,16)17;1-11-8-4-7(9)3-2-6(8)5-10;;1-2;;/h9-11,13-14,17H,4-8H2,1-3H3,(H,28,29,30);9-11,13-14,17,29H,4-8H2,1-3H3,(H2,26,28);7,10-11,14,16,18H,4-6,8-9H2,1-3H3;9-11,19H,3-7H2,1-2H3;2-4H,1H3;1H;2H,1H2;;/q;;;;;;;+1;-1. The summed E-state index contributed by atoms with van der Waals surface area (Å²) in [7, 11) is 5.83. The largest absolute Gasteiger partial charge is 1.00 e. The maximum atomic E-state index is 13.0. The fourth-order valence-corrected chi connectivity index (χ4v) is 15.8. The molecule has 0 aliphatic heterocycles. The maximum absolute atomic E-state index is 13.0. The van der Waals surface area contributed by atoms with Gasteiger partial charge in [-0.1, -0.05) is 38.0 Å². The predicted molar refractivity (Wildman–Crippen MR) is 449 cm³/mol. The number of nitrogens with two attached hydrogens (primary N) is 2. The first-order valence-corrected chi connectivity index (χ1v) is 42.0. The van der Waals surface area contributed by atoms with Gasteiger partial charge in [-0.05, 0) is 205 Å². The van der Waals surface area contributed by atoms with E-state index in [1.807, 2.05) is 40.7 Å². The number of aliphatic hydroxyl groups is 1. The molecule has 4 aliphatic rings. The number of aromatic amines is 1. The van der Waals surface area contributed by atoms with Crippen molar-refractivity contribution in [2.24, 2.45) is 40.5 Å². The van der Waals surface area contributed by atoms with Gasteiger partial charge in [-0.3, -0.25) is 9.51 Å². The van der Waals surface area contributed by atoms with E-state index < -0.39 is 84.4 Å². The number of aryl methyl sites for hydroxylation is 4. The van der Waals surface area contributed by atoms with E-state index in [2.05, 4.69) is 51.7 Å². The zero-order chi connectivity index (χ0) is 95.0. The first-order chi connectivity index (χ1) is 61.2. The van der Waals surface area contributed by atoms with Gasteiger partial charge in [-0.15, -0.1) is 12.4 Å². The Kier molecular flexibility index (Phi) is 41.8. The van der Waals surface area contributed by atoms with Crippen LogP contribution in [0.3, 0.4) is 0 Å². The Balaban J connectivity index is 0.000000299. The van der Waals surface area contributed by atoms with Gasteiger partial charge >= 0.3 is 60.0 Å². The molecule has 27 nitrogen and oxygen atoms in total. The van der Waals surface area contributed by atoms with E-state index in [0.29, 0.717) is 203 Å². The number of hydrogen-bond acceptors (Lipinski definition) is 25. The van der Waals surface area contributed by atoms with Crippen molar-refractivity contribution in [3.05, 3.63) is 175 Å². The first kappa shape index (κ1) is 110. The number of nitrogens with one attached hydrogen (secondary N) is 1. The fraction of sp³-hybridized carbons (Fsp3) is 0.539. The fourth-order valence-electron chi connectivity index (χ4n) is 15.8. The second-order valence-electron chi connectivity index (χ2n) is 31.4. The minimum atomic E-state index is -4.15. The number of ether oxygens (including phenoxy) is 7. The summed E-state index contributed by atoms with van der Waals surface area (Å²) >= 11 is 0. The third-order valence-corrected chi connectivity index (χ3v) is 23.1. The molecule has 0 saturated heterocycles. The third kappa shape index (κ3) is 29.6. The molecule has 0 amide bonds. The second-order valence-corrected chi connectivity index (χ2v) is 31.4. The minimum Gasteiger partial charge on any atom is -1.00 e. The maximum Gasteiger partial charge on any atom is 1.00 e. The van der Waals surface area contributed by atoms with Gasteiger partial charge in [0, 0.05) is 47.9 Å². The number of methoxy groups -OCH3 is 4. The number of H-pyrrole nitrogens is 1. The number of nitriles is 2. The van der Waals surface area contributed by atoms with Crippen molar-refractivity contribution in [2.75, 3.05) is 28.4 Å². The van der Waals surface area contributed by atoms with E-state index in [4.69, 9.17) is 77.5 Å². The predicted octanol–water partition coefficient (Wildman–Crippen LogP) is 20.2. The van der Waals surface area contributed by atoms with Gasteiger partial charge in [-0.2, -0.15) is 63.2 Å². The first-order valence-electron chi connectivity index (χ1n) is 42.0. The van der Waals surface area contributed by atoms with Gasteiger partial charge in [-0.25, -0.2) is 35.0 Å². The van der Waals surface area contributed by atoms with Crippen LogP contribution in [0.4, 0.5) is 57.1 Å². The number of rotatable bonds is 24. The molecule has 716 valence electrons. The van der Waals surface area contributed by atoms with Crippen LogP contribution in [0.5, 0.6) is 40.2 Å². The molecule has 8 N–H and O–H groups in total. The van der Waals surface area contributed by atoms with E-state index in [-0.39, 0.29) is 136 Å². The molecule has 13 rings (SSSR count). The SMILES string of the molecule is CCC(O)c1oc(C2CCC(C(F)(F)F)CC2)nc1C.CCC(Oc1ccc(-c2noc(=O)[nH]2)c(OC)c1)c1oc(C2CCC(C(F)(F)F)CC2)nc1C.CCC(Oc1ccc(C#N)c(OC)c1)c1oc(C2CCC(C(F)(F)F)CC2)nc1C.CCC(Oc1ccc(C(N)=NO)c(OC)c1)c1oc(C2CCC(C(F)(F)F)CC2)nc1C.COc1cc(F)ccc1C#N.Cl.NO.[H-].[Na+]. The van der Waals surface area contributed by atoms with Gasteiger partial charge in [0.1, 0.15) is 64.3 Å². The van der Waals surface area contributed by atoms with Crippen molar-refractivity contribution in [3.63, 3.8) is 0 Å². The molecule has 4 saturated carbocycles. The van der Waals surface area contributed by atoms with Crippen LogP contribution in [-0.2, 0) is 0 Å². The van der Waals surface area contributed by atoms with Crippen LogP contribution in [-0.4, -0.2) is 105 Å². The van der Waals surface area contributed by atoms with Crippen LogP contribution in [0.25, 0.3) is 11.4 Å². The summed E-state index contributed by atoms with van der Waals surface area (Å²) in [5.41, 5.74) is 9.98. The number of hydrogen-bond donors (Lipinski definition) is 6. The average Bonchev–Trinajstić information content (AvgIpc) is 1.67. The van der Waals surface area contributed by atoms with E-state index in [0.717, 1.165) is 0 Å². The zero-order valence-electron chi connectivity index (χ0n) is 75.7. The molecule has 4 unspecified atom stereocenters. The molecule has 4 aromatic carbocycles. The van der Waals surface area contributed by atoms with Crippen LogP contribution in [0.15, 0.2) is 105 Å². The van der Waals surface area contributed by atoms with Crippen LogP contribution in [0.2, 0.25) is 0 Å². The Morgan fingerprint density at radius 1 is 0.489 bits per heavy atom. The quantitative estimate of drug-likeness (QED) is 0.00817. The smallest absolute Gasteiger partial charge is 1.00 e. The van der Waals surface area contributed by atoms with E-state index in [1.165, 1.54) is 46.6 Å². The summed E-state index contributed by atoms with van der Waals surface area (Å²) in [5, 5.41) is 49.5. The van der Waals surface area contributed by atoms with E-state index >= 15 is 0 Å². The number of halogens is 14. The molecule has 4 aliphatic carbocycles. The molecule has 4 fully saturated rings. The second kappa shape index (κ2) is 50.0. The average molecular weight is 1900 g/mol. The van der Waals surface area contributed by atoms with E-state index in [9.17, 15) is 67.0 Å². The normalized spacial score (nSPS) is 19.6. The summed E-state index contributed by atoms with van der Waals surface area (Å²) < 4.78 is 234. The summed E-state index contributed by atoms with van der Waals surface area (Å²) in [6.45, 7) is 14.8. The minimum absolute atomic E-state index is 0. The molecular formula is C89H110ClF13N11NaO16. The van der Waals surface area contributed by atoms with Crippen molar-refractivity contribution in [3.8, 4) is 63.8 Å². The number of oxazole rings is 4. The Morgan fingerprint density at radius 3 is 1.10 bits per heavy atom. The van der Waals surface area contributed by atoms with Gasteiger partial charge in [0.2, 0.25) is 0 Å². The summed E-state index contributed by atoms with van der Waals surface area (Å²) in [6, 6.07) is 22.7. The number of oxime groups is 1. The van der Waals surface area contributed by atoms with Crippen LogP contribution < -0.4 is 80.1 Å². The number of alkyl halides is 12. The van der Waals surface area contributed by atoms with Crippen molar-refractivity contribution in [1.82, 2.24) is 30.1 Å². The van der Waals surface area contributed by atoms with Crippen molar-refractivity contribution in [2.45, 2.75) is 257 Å². The number of aromatic nitrogens is 6. The number of nitrogens with zero attached hydrogens (tertiary/aromatic N) is 8. The van der Waals surface area contributed by atoms with Crippen LogP contribution >= 0.6 is 12.4 Å². The summed E-state index contributed by atoms with van der Waals surface area (Å²) in [5.74, 6) is 4.26. The molecule has 4 atom stereocenters. The summed E-state index contributed by atoms with van der Waals surface area (Å²) in [6.07, 6.45) is -12.1. The van der Waals surface area contributed by atoms with Crippen LogP contribution in [0, 0.1) is 79.8 Å². The molecule has 0 radical (unpaired) electrons. The Hall–Kier alpha value is -10.2. The molecular weight excluding hydrogens is 1780 g/mol. The van der Waals surface area contributed by atoms with Gasteiger partial charge in [0.15, 0.2) is 76.6 Å². The topological polar surface area (TPSA) is 400 Å². The number of aliphatic hydroxyl groups excluding tert-OH is 1. The number of benzene rings is 4. The monoisotopic (exact) mass is 1890 g/mol. The third-order valence-electron chi connectivity index (χ3n) is 23.1. The summed E-state index contributed by atoms with van der Waals surface area (Å²) in [4.78, 5) is 31.5. The van der Waals surface area contributed by atoms with Gasteiger partial charge in [0.25, 0.3) is 0 Å². The van der Waals surface area contributed by atoms with E-state index in [1.54, 1.807) is 75.4 Å². The van der Waals surface area contributed by atoms with Gasteiger partial charge in [0.05, 0.1) is 97.1 Å². The molecule has 42 heteroatoms. The molecule has 5 heterocycles. The Morgan fingerprint density at radius 2 is 0.794 bits per heavy atom. The zero-order valence-corrected chi connectivity index (χ0v) is 77.5. The Labute approximate surface area is 778 Å².